The van der Waals surface area contributed by atoms with E-state index >= 15 is 0 Å². The molecule has 1 aliphatic heterocycles. The minimum Gasteiger partial charge on any atom is -0.497 e. The Kier molecular flexibility index (Phi) is 4.24. The Labute approximate surface area is 138 Å². The molecule has 2 aromatic rings. The molecule has 1 atom stereocenters. The maximum absolute atomic E-state index is 14.2. The van der Waals surface area contributed by atoms with E-state index in [4.69, 9.17) is 9.47 Å². The number of ether oxygens (including phenoxy) is 2. The molecule has 5 nitrogen and oxygen atoms in total. The summed E-state index contributed by atoms with van der Waals surface area (Å²) in [4.78, 5) is 5.81. The molecule has 126 valence electrons. The van der Waals surface area contributed by atoms with Crippen molar-refractivity contribution >= 4 is 10.9 Å². The van der Waals surface area contributed by atoms with Crippen molar-refractivity contribution in [3.05, 3.63) is 29.8 Å². The van der Waals surface area contributed by atoms with Gasteiger partial charge in [-0.15, -0.1) is 0 Å². The summed E-state index contributed by atoms with van der Waals surface area (Å²) >= 11 is 0. The third-order valence-corrected chi connectivity index (χ3v) is 4.09. The van der Waals surface area contributed by atoms with Gasteiger partial charge < -0.3 is 14.4 Å². The van der Waals surface area contributed by atoms with Crippen LogP contribution < -0.4 is 9.47 Å². The van der Waals surface area contributed by atoms with Crippen LogP contribution in [0, 0.1) is 11.3 Å². The van der Waals surface area contributed by atoms with Crippen molar-refractivity contribution in [2.24, 2.45) is 0 Å². The second-order valence-corrected chi connectivity index (χ2v) is 5.91. The highest BCUT2D eigenvalue weighted by atomic mass is 19.3. The van der Waals surface area contributed by atoms with Gasteiger partial charge in [0.05, 0.1) is 19.2 Å². The molecule has 0 saturated carbocycles. The molecule has 0 bridgehead atoms. The van der Waals surface area contributed by atoms with E-state index in [0.29, 0.717) is 23.2 Å². The molecular weight excluding hydrogens is 316 g/mol. The monoisotopic (exact) mass is 333 g/mol. The van der Waals surface area contributed by atoms with Crippen LogP contribution in [0.15, 0.2) is 24.3 Å². The first-order chi connectivity index (χ1) is 11.4. The summed E-state index contributed by atoms with van der Waals surface area (Å²) in [5.74, 6) is -2.41. The lowest BCUT2D eigenvalue weighted by Crippen LogP contribution is -2.52. The number of alkyl halides is 2. The van der Waals surface area contributed by atoms with Gasteiger partial charge in [0.15, 0.2) is 6.10 Å². The number of piperidine rings is 1. The Balaban J connectivity index is 1.95. The van der Waals surface area contributed by atoms with Gasteiger partial charge in [-0.25, -0.2) is 13.8 Å². The molecule has 0 aliphatic carbocycles. The van der Waals surface area contributed by atoms with E-state index in [-0.39, 0.29) is 24.4 Å². The number of rotatable bonds is 3. The summed E-state index contributed by atoms with van der Waals surface area (Å²) in [7, 11) is 3.19. The van der Waals surface area contributed by atoms with Gasteiger partial charge in [-0.05, 0) is 31.3 Å². The summed E-state index contributed by atoms with van der Waals surface area (Å²) in [6.45, 7) is 0.136. The Morgan fingerprint density at radius 3 is 2.83 bits per heavy atom. The van der Waals surface area contributed by atoms with E-state index in [1.807, 2.05) is 6.07 Å². The fraction of sp³-hybridized carbons (Fsp3) is 0.412. The molecule has 1 aromatic carbocycles. The number of nitrogens with zero attached hydrogens (tertiary/aromatic N) is 3. The van der Waals surface area contributed by atoms with Crippen LogP contribution in [0.2, 0.25) is 0 Å². The van der Waals surface area contributed by atoms with Crippen LogP contribution in [0.3, 0.4) is 0 Å². The number of likely N-dealkylation sites (tertiary alicyclic amines) is 1. The van der Waals surface area contributed by atoms with E-state index in [0.717, 1.165) is 0 Å². The Bertz CT molecular complexity index is 804. The summed E-state index contributed by atoms with van der Waals surface area (Å²) in [5, 5.41) is 10.00. The van der Waals surface area contributed by atoms with Crippen LogP contribution in [0.25, 0.3) is 10.9 Å². The van der Waals surface area contributed by atoms with Gasteiger partial charge in [0.2, 0.25) is 5.88 Å². The number of fused-ring (bicyclic) bond motifs is 1. The number of halogens is 2. The minimum atomic E-state index is -2.99. The fourth-order valence-electron chi connectivity index (χ4n) is 2.80. The Morgan fingerprint density at radius 2 is 2.17 bits per heavy atom. The average molecular weight is 333 g/mol. The van der Waals surface area contributed by atoms with Crippen LogP contribution in [-0.2, 0) is 0 Å². The summed E-state index contributed by atoms with van der Waals surface area (Å²) in [6, 6.07) is 8.70. The zero-order chi connectivity index (χ0) is 17.3. The fourth-order valence-corrected chi connectivity index (χ4v) is 2.80. The molecule has 1 aromatic heterocycles. The quantitative estimate of drug-likeness (QED) is 0.864. The molecule has 0 amide bonds. The van der Waals surface area contributed by atoms with Crippen LogP contribution in [-0.4, -0.2) is 49.2 Å². The molecule has 3 rings (SSSR count). The zero-order valence-corrected chi connectivity index (χ0v) is 13.4. The van der Waals surface area contributed by atoms with Crippen LogP contribution in [0.1, 0.15) is 12.0 Å². The second-order valence-electron chi connectivity index (χ2n) is 5.91. The van der Waals surface area contributed by atoms with Crippen LogP contribution in [0.4, 0.5) is 8.78 Å². The molecule has 1 saturated heterocycles. The molecule has 1 unspecified atom stereocenters. The molecule has 1 aliphatic rings. The first-order valence-corrected chi connectivity index (χ1v) is 7.55. The Morgan fingerprint density at radius 1 is 1.38 bits per heavy atom. The highest BCUT2D eigenvalue weighted by molar-refractivity contribution is 5.82. The smallest absolute Gasteiger partial charge is 0.296 e. The van der Waals surface area contributed by atoms with Crippen LogP contribution in [0.5, 0.6) is 11.6 Å². The van der Waals surface area contributed by atoms with Crippen molar-refractivity contribution in [3.8, 4) is 17.7 Å². The highest BCUT2D eigenvalue weighted by Gasteiger charge is 2.45. The maximum atomic E-state index is 14.2. The molecule has 0 radical (unpaired) electrons. The topological polar surface area (TPSA) is 58.4 Å². The molecule has 24 heavy (non-hydrogen) atoms. The summed E-state index contributed by atoms with van der Waals surface area (Å²) in [6.07, 6.45) is -1.11. The Hall–Kier alpha value is -2.46. The first kappa shape index (κ1) is 16.4. The predicted molar refractivity (Wildman–Crippen MR) is 84.5 cm³/mol. The van der Waals surface area contributed by atoms with E-state index in [2.05, 4.69) is 4.98 Å². The molecule has 1 fully saturated rings. The molecule has 7 heteroatoms. The van der Waals surface area contributed by atoms with E-state index in [9.17, 15) is 14.0 Å². The number of hydrogen-bond donors (Lipinski definition) is 0. The van der Waals surface area contributed by atoms with Crippen molar-refractivity contribution in [1.82, 2.24) is 9.88 Å². The second kappa shape index (κ2) is 6.21. The average Bonchev–Trinajstić information content (AvgIpc) is 2.55. The van der Waals surface area contributed by atoms with E-state index in [1.165, 1.54) is 0 Å². The van der Waals surface area contributed by atoms with Gasteiger partial charge in [-0.2, -0.15) is 5.26 Å². The number of aromatic nitrogens is 1. The molecular formula is C17H17F2N3O2. The SMILES string of the molecule is COc1ccc2nc(OC3CCN(C)CC3(F)F)c(C#N)cc2c1. The third kappa shape index (κ3) is 3.10. The normalized spacial score (nSPS) is 20.5. The minimum absolute atomic E-state index is 0.0515. The summed E-state index contributed by atoms with van der Waals surface area (Å²) < 4.78 is 38.9. The van der Waals surface area contributed by atoms with Gasteiger partial charge in [-0.1, -0.05) is 0 Å². The molecule has 0 spiro atoms. The van der Waals surface area contributed by atoms with Gasteiger partial charge >= 0.3 is 0 Å². The maximum Gasteiger partial charge on any atom is 0.296 e. The lowest BCUT2D eigenvalue weighted by atomic mass is 10.0. The molecule has 2 heterocycles. The number of pyridine rings is 1. The van der Waals surface area contributed by atoms with Crippen molar-refractivity contribution in [3.63, 3.8) is 0 Å². The van der Waals surface area contributed by atoms with Crippen molar-refractivity contribution in [1.29, 1.82) is 5.26 Å². The van der Waals surface area contributed by atoms with Crippen LogP contribution >= 0.6 is 0 Å². The largest absolute Gasteiger partial charge is 0.497 e. The van der Waals surface area contributed by atoms with Gasteiger partial charge in [0.25, 0.3) is 5.92 Å². The number of methoxy groups -OCH3 is 1. The van der Waals surface area contributed by atoms with Crippen molar-refractivity contribution < 1.29 is 18.3 Å². The first-order valence-electron chi connectivity index (χ1n) is 7.55. The van der Waals surface area contributed by atoms with Gasteiger partial charge in [-0.3, -0.25) is 0 Å². The lowest BCUT2D eigenvalue weighted by Gasteiger charge is -2.36. The lowest BCUT2D eigenvalue weighted by molar-refractivity contribution is -0.136. The standard InChI is InChI=1S/C17H17F2N3O2/c1-22-6-5-15(17(18,19)10-22)24-16-12(9-20)7-11-8-13(23-2)3-4-14(11)21-16/h3-4,7-8,15H,5-6,10H2,1-2H3. The van der Waals surface area contributed by atoms with Gasteiger partial charge in [0.1, 0.15) is 17.4 Å². The molecule has 0 N–H and O–H groups in total. The zero-order valence-electron chi connectivity index (χ0n) is 13.4. The van der Waals surface area contributed by atoms with Gasteiger partial charge in [0, 0.05) is 18.4 Å². The predicted octanol–water partition coefficient (Wildman–Crippen LogP) is 2.83. The van der Waals surface area contributed by atoms with E-state index in [1.54, 1.807) is 43.3 Å². The summed E-state index contributed by atoms with van der Waals surface area (Å²) in [5.41, 5.74) is 0.687. The number of benzene rings is 1. The van der Waals surface area contributed by atoms with Crippen molar-refractivity contribution in [2.75, 3.05) is 27.2 Å². The highest BCUT2D eigenvalue weighted by Crippen LogP contribution is 2.32. The number of hydrogen-bond acceptors (Lipinski definition) is 5. The van der Waals surface area contributed by atoms with E-state index < -0.39 is 12.0 Å². The van der Waals surface area contributed by atoms with Crippen molar-refractivity contribution in [2.45, 2.75) is 18.4 Å². The number of nitriles is 1. The third-order valence-electron chi connectivity index (χ3n) is 4.09.